The molecule has 0 saturated carbocycles. The van der Waals surface area contributed by atoms with Crippen molar-refractivity contribution < 1.29 is 5.11 Å². The van der Waals surface area contributed by atoms with E-state index < -0.39 is 0 Å². The van der Waals surface area contributed by atoms with Gasteiger partial charge in [0.25, 0.3) is 0 Å². The van der Waals surface area contributed by atoms with Gasteiger partial charge in [-0.2, -0.15) is 0 Å². The molecular weight excluding hydrogens is 138 g/mol. The highest BCUT2D eigenvalue weighted by Gasteiger charge is 2.26. The summed E-state index contributed by atoms with van der Waals surface area (Å²) in [6.45, 7) is 4.26. The van der Waals surface area contributed by atoms with E-state index in [4.69, 9.17) is 0 Å². The highest BCUT2D eigenvalue weighted by Crippen LogP contribution is 2.24. The summed E-state index contributed by atoms with van der Waals surface area (Å²) < 4.78 is 0. The maximum Gasteiger partial charge on any atom is 0.0657 e. The molecule has 0 aliphatic carbocycles. The minimum Gasteiger partial charge on any atom is -0.390 e. The first-order valence-corrected chi connectivity index (χ1v) is 4.57. The van der Waals surface area contributed by atoms with E-state index in [1.54, 1.807) is 0 Å². The van der Waals surface area contributed by atoms with E-state index in [1.165, 1.54) is 0 Å². The van der Waals surface area contributed by atoms with Gasteiger partial charge in [-0.3, -0.25) is 0 Å². The van der Waals surface area contributed by atoms with Crippen molar-refractivity contribution in [3.05, 3.63) is 0 Å². The van der Waals surface area contributed by atoms with Crippen molar-refractivity contribution in [2.75, 3.05) is 20.1 Å². The number of rotatable bonds is 1. The summed E-state index contributed by atoms with van der Waals surface area (Å²) in [5, 5.41) is 9.95. The summed E-state index contributed by atoms with van der Waals surface area (Å²) in [5.74, 6) is 0. The molecule has 0 bridgehead atoms. The van der Waals surface area contributed by atoms with E-state index in [2.05, 4.69) is 18.9 Å². The molecule has 1 unspecified atom stereocenters. The van der Waals surface area contributed by atoms with Gasteiger partial charge < -0.3 is 10.0 Å². The molecule has 11 heavy (non-hydrogen) atoms. The Labute approximate surface area is 69.2 Å². The average molecular weight is 157 g/mol. The number of likely N-dealkylation sites (tertiary alicyclic amines) is 1. The van der Waals surface area contributed by atoms with Gasteiger partial charge in [0.1, 0.15) is 0 Å². The molecule has 1 aliphatic rings. The normalized spacial score (nSPS) is 35.2. The topological polar surface area (TPSA) is 23.5 Å². The Morgan fingerprint density at radius 2 is 2.09 bits per heavy atom. The Balaban J connectivity index is 2.45. The molecule has 0 aromatic heterocycles. The highest BCUT2D eigenvalue weighted by atomic mass is 16.3. The fourth-order valence-corrected chi connectivity index (χ4v) is 1.67. The van der Waals surface area contributed by atoms with Gasteiger partial charge in [-0.25, -0.2) is 0 Å². The Morgan fingerprint density at radius 1 is 1.36 bits per heavy atom. The van der Waals surface area contributed by atoms with E-state index in [1.807, 2.05) is 0 Å². The Hall–Kier alpha value is -0.0800. The molecule has 2 heteroatoms. The fourth-order valence-electron chi connectivity index (χ4n) is 1.67. The molecule has 0 aromatic carbocycles. The summed E-state index contributed by atoms with van der Waals surface area (Å²) >= 11 is 0. The number of hydrogen-bond donors (Lipinski definition) is 1. The van der Waals surface area contributed by atoms with Crippen LogP contribution >= 0.6 is 0 Å². The molecule has 1 aliphatic heterocycles. The van der Waals surface area contributed by atoms with Crippen molar-refractivity contribution in [1.29, 1.82) is 0 Å². The smallest absolute Gasteiger partial charge is 0.0657 e. The van der Waals surface area contributed by atoms with Crippen LogP contribution in [0.15, 0.2) is 0 Å². The van der Waals surface area contributed by atoms with Crippen LogP contribution in [0.4, 0.5) is 0 Å². The van der Waals surface area contributed by atoms with Gasteiger partial charge >= 0.3 is 0 Å². The SMILES string of the molecule is CCC1(O)CCCN(C)CC1. The van der Waals surface area contributed by atoms with Crippen molar-refractivity contribution in [3.63, 3.8) is 0 Å². The Kier molecular flexibility index (Phi) is 2.90. The third kappa shape index (κ3) is 2.46. The maximum atomic E-state index is 9.95. The summed E-state index contributed by atoms with van der Waals surface area (Å²) in [6, 6.07) is 0. The second kappa shape index (κ2) is 3.55. The monoisotopic (exact) mass is 157 g/mol. The first-order chi connectivity index (χ1) is 5.16. The number of nitrogens with zero attached hydrogens (tertiary/aromatic N) is 1. The van der Waals surface area contributed by atoms with Gasteiger partial charge in [0, 0.05) is 6.54 Å². The van der Waals surface area contributed by atoms with Crippen LogP contribution in [0.1, 0.15) is 32.6 Å². The fraction of sp³-hybridized carbons (Fsp3) is 1.00. The Morgan fingerprint density at radius 3 is 2.73 bits per heavy atom. The quantitative estimate of drug-likeness (QED) is 0.619. The van der Waals surface area contributed by atoms with Crippen LogP contribution in [0.3, 0.4) is 0 Å². The minimum atomic E-state index is -0.356. The van der Waals surface area contributed by atoms with E-state index in [0.29, 0.717) is 0 Å². The molecule has 0 aromatic rings. The second-order valence-corrected chi connectivity index (χ2v) is 3.73. The van der Waals surface area contributed by atoms with Gasteiger partial charge in [0.15, 0.2) is 0 Å². The molecule has 1 fully saturated rings. The van der Waals surface area contributed by atoms with Crippen LogP contribution < -0.4 is 0 Å². The van der Waals surface area contributed by atoms with Crippen LogP contribution in [0.5, 0.6) is 0 Å². The molecule has 66 valence electrons. The van der Waals surface area contributed by atoms with Gasteiger partial charge in [-0.1, -0.05) is 6.92 Å². The van der Waals surface area contributed by atoms with Crippen LogP contribution in [0.25, 0.3) is 0 Å². The molecular formula is C9H19NO. The second-order valence-electron chi connectivity index (χ2n) is 3.73. The largest absolute Gasteiger partial charge is 0.390 e. The third-order valence-electron chi connectivity index (χ3n) is 2.80. The highest BCUT2D eigenvalue weighted by molar-refractivity contribution is 4.80. The zero-order chi connectivity index (χ0) is 8.32. The average Bonchev–Trinajstić information content (AvgIpc) is 2.15. The van der Waals surface area contributed by atoms with Crippen LogP contribution in [0.2, 0.25) is 0 Å². The summed E-state index contributed by atoms with van der Waals surface area (Å²) in [6.07, 6.45) is 3.97. The number of hydrogen-bond acceptors (Lipinski definition) is 2. The van der Waals surface area contributed by atoms with Crippen molar-refractivity contribution in [2.45, 2.75) is 38.2 Å². The van der Waals surface area contributed by atoms with Crippen molar-refractivity contribution in [1.82, 2.24) is 4.90 Å². The molecule has 1 atom stereocenters. The molecule has 1 saturated heterocycles. The van der Waals surface area contributed by atoms with E-state index in [-0.39, 0.29) is 5.60 Å². The first-order valence-electron chi connectivity index (χ1n) is 4.57. The summed E-state index contributed by atoms with van der Waals surface area (Å²) in [4.78, 5) is 2.30. The predicted molar refractivity (Wildman–Crippen MR) is 46.6 cm³/mol. The molecule has 1 N–H and O–H groups in total. The predicted octanol–water partition coefficient (Wildman–Crippen LogP) is 1.24. The summed E-state index contributed by atoms with van der Waals surface area (Å²) in [7, 11) is 2.13. The molecule has 0 radical (unpaired) electrons. The van der Waals surface area contributed by atoms with Crippen molar-refractivity contribution in [2.24, 2.45) is 0 Å². The standard InChI is InChI=1S/C9H19NO/c1-3-9(11)5-4-7-10(2)8-6-9/h11H,3-8H2,1-2H3. The van der Waals surface area contributed by atoms with E-state index in [9.17, 15) is 5.11 Å². The van der Waals surface area contributed by atoms with Crippen LogP contribution in [0, 0.1) is 0 Å². The van der Waals surface area contributed by atoms with Gasteiger partial charge in [-0.05, 0) is 39.3 Å². The molecule has 1 rings (SSSR count). The lowest BCUT2D eigenvalue weighted by Gasteiger charge is -2.24. The first kappa shape index (κ1) is 9.01. The van der Waals surface area contributed by atoms with E-state index in [0.717, 1.165) is 38.8 Å². The molecule has 1 heterocycles. The summed E-state index contributed by atoms with van der Waals surface area (Å²) in [5.41, 5.74) is -0.356. The lowest BCUT2D eigenvalue weighted by Crippen LogP contribution is -2.29. The van der Waals surface area contributed by atoms with E-state index >= 15 is 0 Å². The molecule has 0 spiro atoms. The van der Waals surface area contributed by atoms with Crippen LogP contribution in [-0.4, -0.2) is 35.7 Å². The maximum absolute atomic E-state index is 9.95. The zero-order valence-corrected chi connectivity index (χ0v) is 7.64. The van der Waals surface area contributed by atoms with Crippen molar-refractivity contribution >= 4 is 0 Å². The minimum absolute atomic E-state index is 0.356. The number of aliphatic hydroxyl groups is 1. The van der Waals surface area contributed by atoms with Gasteiger partial charge in [0.2, 0.25) is 0 Å². The lowest BCUT2D eigenvalue weighted by atomic mass is 9.92. The van der Waals surface area contributed by atoms with Crippen LogP contribution in [-0.2, 0) is 0 Å². The lowest BCUT2D eigenvalue weighted by molar-refractivity contribution is 0.0222. The molecule has 2 nitrogen and oxygen atoms in total. The third-order valence-corrected chi connectivity index (χ3v) is 2.80. The molecule has 0 amide bonds. The van der Waals surface area contributed by atoms with Gasteiger partial charge in [-0.15, -0.1) is 0 Å². The zero-order valence-electron chi connectivity index (χ0n) is 7.64. The van der Waals surface area contributed by atoms with Crippen molar-refractivity contribution in [3.8, 4) is 0 Å². The van der Waals surface area contributed by atoms with Gasteiger partial charge in [0.05, 0.1) is 5.60 Å². The Bertz CT molecular complexity index is 127.